The molecule has 3 amide bonds. The van der Waals surface area contributed by atoms with Crippen molar-refractivity contribution in [1.29, 1.82) is 0 Å². The van der Waals surface area contributed by atoms with E-state index in [-0.39, 0.29) is 30.8 Å². The third kappa shape index (κ3) is 4.41. The Morgan fingerprint density at radius 2 is 1.79 bits per heavy atom. The van der Waals surface area contributed by atoms with Gasteiger partial charge in [0.1, 0.15) is 12.6 Å². The minimum atomic E-state index is -0.747. The number of likely N-dealkylation sites (N-methyl/N-ethyl adjacent to an activating group) is 1. The van der Waals surface area contributed by atoms with Gasteiger partial charge in [0.2, 0.25) is 11.8 Å². The Labute approximate surface area is 202 Å². The van der Waals surface area contributed by atoms with Gasteiger partial charge in [0.05, 0.1) is 15.7 Å². The van der Waals surface area contributed by atoms with Crippen molar-refractivity contribution in [2.24, 2.45) is 0 Å². The summed E-state index contributed by atoms with van der Waals surface area (Å²) in [5.74, 6) is -0.850. The Balaban J connectivity index is 1.64. The molecule has 1 aliphatic heterocycles. The number of nitrogens with zero attached hydrogens (tertiary/aromatic N) is 2. The molecule has 1 unspecified atom stereocenters. The summed E-state index contributed by atoms with van der Waals surface area (Å²) in [6.45, 7) is 3.89. The van der Waals surface area contributed by atoms with Gasteiger partial charge in [0.15, 0.2) is 0 Å². The molecule has 0 aliphatic carbocycles. The van der Waals surface area contributed by atoms with Crippen molar-refractivity contribution < 1.29 is 14.4 Å². The van der Waals surface area contributed by atoms with Crippen LogP contribution in [-0.4, -0.2) is 41.8 Å². The number of halogens is 2. The van der Waals surface area contributed by atoms with Crippen LogP contribution in [0.2, 0.25) is 10.0 Å². The van der Waals surface area contributed by atoms with Crippen LogP contribution >= 0.6 is 23.2 Å². The maximum atomic E-state index is 13.5. The summed E-state index contributed by atoms with van der Waals surface area (Å²) in [5, 5.41) is 5.31. The van der Waals surface area contributed by atoms with E-state index in [4.69, 9.17) is 23.2 Å². The van der Waals surface area contributed by atoms with Crippen molar-refractivity contribution in [2.75, 3.05) is 18.0 Å². The number of nitrogens with one attached hydrogen (secondary N) is 1. The lowest BCUT2D eigenvalue weighted by atomic mass is 10.1. The Morgan fingerprint density at radius 1 is 1.06 bits per heavy atom. The molecule has 0 saturated heterocycles. The van der Waals surface area contributed by atoms with Crippen LogP contribution in [0.25, 0.3) is 10.8 Å². The SMILES string of the molecule is CCNC(=O)C(C)N(Cc1ccc(Cl)c(Cl)c1)C(=O)CN1C(=O)c2cccc3cccc1c23. The van der Waals surface area contributed by atoms with Crippen molar-refractivity contribution >= 4 is 57.4 Å². The molecular formula is C25H23Cl2N3O3. The van der Waals surface area contributed by atoms with E-state index in [1.807, 2.05) is 37.3 Å². The minimum Gasteiger partial charge on any atom is -0.355 e. The molecule has 8 heteroatoms. The fourth-order valence-electron chi connectivity index (χ4n) is 4.10. The van der Waals surface area contributed by atoms with Crippen LogP contribution in [0.3, 0.4) is 0 Å². The van der Waals surface area contributed by atoms with Gasteiger partial charge in [0.25, 0.3) is 5.91 Å². The highest BCUT2D eigenvalue weighted by molar-refractivity contribution is 6.42. The van der Waals surface area contributed by atoms with Crippen molar-refractivity contribution in [3.8, 4) is 0 Å². The quantitative estimate of drug-likeness (QED) is 0.531. The molecular weight excluding hydrogens is 461 g/mol. The molecule has 4 rings (SSSR count). The second-order valence-electron chi connectivity index (χ2n) is 7.91. The van der Waals surface area contributed by atoms with E-state index in [2.05, 4.69) is 5.32 Å². The van der Waals surface area contributed by atoms with Gasteiger partial charge >= 0.3 is 0 Å². The van der Waals surface area contributed by atoms with E-state index in [1.165, 1.54) is 9.80 Å². The predicted molar refractivity (Wildman–Crippen MR) is 131 cm³/mol. The summed E-state index contributed by atoms with van der Waals surface area (Å²) >= 11 is 12.2. The van der Waals surface area contributed by atoms with Crippen LogP contribution in [0.1, 0.15) is 29.8 Å². The number of rotatable bonds is 7. The zero-order valence-corrected chi connectivity index (χ0v) is 19.8. The number of carbonyl (C=O) groups excluding carboxylic acids is 3. The number of anilines is 1. The summed E-state index contributed by atoms with van der Waals surface area (Å²) in [5.41, 5.74) is 2.00. The third-order valence-corrected chi connectivity index (χ3v) is 6.54. The first-order valence-corrected chi connectivity index (χ1v) is 11.4. The first kappa shape index (κ1) is 23.1. The highest BCUT2D eigenvalue weighted by Crippen LogP contribution is 2.37. The molecule has 1 aliphatic rings. The largest absolute Gasteiger partial charge is 0.355 e. The highest BCUT2D eigenvalue weighted by atomic mass is 35.5. The zero-order valence-electron chi connectivity index (χ0n) is 18.3. The van der Waals surface area contributed by atoms with Crippen LogP contribution in [0.5, 0.6) is 0 Å². The molecule has 33 heavy (non-hydrogen) atoms. The van der Waals surface area contributed by atoms with Gasteiger partial charge in [-0.2, -0.15) is 0 Å². The maximum absolute atomic E-state index is 13.5. The molecule has 1 heterocycles. The molecule has 0 radical (unpaired) electrons. The van der Waals surface area contributed by atoms with Crippen LogP contribution in [0, 0.1) is 0 Å². The van der Waals surface area contributed by atoms with E-state index in [0.29, 0.717) is 27.8 Å². The molecule has 1 N–H and O–H groups in total. The lowest BCUT2D eigenvalue weighted by Gasteiger charge is -2.30. The normalized spacial score (nSPS) is 13.3. The minimum absolute atomic E-state index is 0.146. The van der Waals surface area contributed by atoms with Gasteiger partial charge in [-0.05, 0) is 49.1 Å². The fraction of sp³-hybridized carbons (Fsp3) is 0.240. The van der Waals surface area contributed by atoms with E-state index in [0.717, 1.165) is 16.3 Å². The van der Waals surface area contributed by atoms with Gasteiger partial charge in [-0.15, -0.1) is 0 Å². The van der Waals surface area contributed by atoms with Crippen molar-refractivity contribution in [3.63, 3.8) is 0 Å². The van der Waals surface area contributed by atoms with Crippen molar-refractivity contribution in [2.45, 2.75) is 26.4 Å². The number of hydrogen-bond donors (Lipinski definition) is 1. The molecule has 0 spiro atoms. The molecule has 6 nitrogen and oxygen atoms in total. The second-order valence-corrected chi connectivity index (χ2v) is 8.73. The molecule has 3 aromatic rings. The third-order valence-electron chi connectivity index (χ3n) is 5.80. The van der Waals surface area contributed by atoms with Crippen LogP contribution in [-0.2, 0) is 16.1 Å². The van der Waals surface area contributed by atoms with E-state index in [1.54, 1.807) is 31.2 Å². The Morgan fingerprint density at radius 3 is 2.48 bits per heavy atom. The zero-order chi connectivity index (χ0) is 23.7. The second kappa shape index (κ2) is 9.41. The average molecular weight is 484 g/mol. The monoisotopic (exact) mass is 483 g/mol. The standard InChI is InChI=1S/C25H23Cl2N3O3/c1-3-28-24(32)15(2)29(13-16-10-11-19(26)20(27)12-16)22(31)14-30-21-9-5-7-17-6-4-8-18(23(17)21)25(30)33/h4-12,15H,3,13-14H2,1-2H3,(H,28,32). The van der Waals surface area contributed by atoms with Crippen LogP contribution in [0.4, 0.5) is 5.69 Å². The van der Waals surface area contributed by atoms with E-state index < -0.39 is 6.04 Å². The maximum Gasteiger partial charge on any atom is 0.259 e. The fourth-order valence-corrected chi connectivity index (χ4v) is 4.42. The molecule has 0 bridgehead atoms. The average Bonchev–Trinajstić information content (AvgIpc) is 3.07. The first-order chi connectivity index (χ1) is 15.8. The molecule has 0 saturated carbocycles. The molecule has 1 atom stereocenters. The predicted octanol–water partition coefficient (Wildman–Crippen LogP) is 4.66. The lowest BCUT2D eigenvalue weighted by Crippen LogP contribution is -2.50. The Kier molecular flexibility index (Phi) is 6.58. The molecule has 3 aromatic carbocycles. The lowest BCUT2D eigenvalue weighted by molar-refractivity contribution is -0.139. The summed E-state index contributed by atoms with van der Waals surface area (Å²) in [6.07, 6.45) is 0. The number of carbonyl (C=O) groups is 3. The van der Waals surface area contributed by atoms with Gasteiger partial charge in [-0.25, -0.2) is 0 Å². The van der Waals surface area contributed by atoms with E-state index >= 15 is 0 Å². The highest BCUT2D eigenvalue weighted by Gasteiger charge is 2.34. The Hall–Kier alpha value is -3.09. The first-order valence-electron chi connectivity index (χ1n) is 10.7. The number of benzene rings is 3. The van der Waals surface area contributed by atoms with Gasteiger partial charge in [0, 0.05) is 24.0 Å². The summed E-state index contributed by atoms with van der Waals surface area (Å²) < 4.78 is 0. The topological polar surface area (TPSA) is 69.7 Å². The number of amides is 3. The smallest absolute Gasteiger partial charge is 0.259 e. The van der Waals surface area contributed by atoms with Gasteiger partial charge in [-0.1, -0.05) is 53.5 Å². The summed E-state index contributed by atoms with van der Waals surface area (Å²) in [7, 11) is 0. The van der Waals surface area contributed by atoms with Gasteiger partial charge in [-0.3, -0.25) is 19.3 Å². The molecule has 0 fully saturated rings. The summed E-state index contributed by atoms with van der Waals surface area (Å²) in [4.78, 5) is 42.2. The molecule has 0 aromatic heterocycles. The molecule has 170 valence electrons. The van der Waals surface area contributed by atoms with Gasteiger partial charge < -0.3 is 10.2 Å². The van der Waals surface area contributed by atoms with Crippen molar-refractivity contribution in [3.05, 3.63) is 75.8 Å². The number of hydrogen-bond acceptors (Lipinski definition) is 3. The van der Waals surface area contributed by atoms with E-state index in [9.17, 15) is 14.4 Å². The van der Waals surface area contributed by atoms with Crippen LogP contribution < -0.4 is 10.2 Å². The Bertz CT molecular complexity index is 1260. The van der Waals surface area contributed by atoms with Crippen LogP contribution in [0.15, 0.2) is 54.6 Å². The van der Waals surface area contributed by atoms with Crippen molar-refractivity contribution in [1.82, 2.24) is 10.2 Å². The summed E-state index contributed by atoms with van der Waals surface area (Å²) in [6, 6.07) is 15.5.